The normalized spacial score (nSPS) is 29.9. The molecule has 2 fully saturated rings. The number of aliphatic hydroxyl groups excluding tert-OH is 1. The molecule has 0 aliphatic carbocycles. The number of aliphatic hydroxyl groups is 1. The molecular formula is C15H20IN3O3S. The van der Waals surface area contributed by atoms with Crippen LogP contribution in [0.3, 0.4) is 0 Å². The fourth-order valence-corrected chi connectivity index (χ4v) is 4.97. The summed E-state index contributed by atoms with van der Waals surface area (Å²) in [7, 11) is 0. The highest BCUT2D eigenvalue weighted by Crippen LogP contribution is 2.40. The summed E-state index contributed by atoms with van der Waals surface area (Å²) in [4.78, 5) is 27.7. The van der Waals surface area contributed by atoms with Crippen molar-refractivity contribution in [1.82, 2.24) is 9.80 Å². The fraction of sp³-hybridized carbons (Fsp3) is 0.600. The van der Waals surface area contributed by atoms with Gasteiger partial charge in [0.1, 0.15) is 17.1 Å². The zero-order chi connectivity index (χ0) is 16.6. The summed E-state index contributed by atoms with van der Waals surface area (Å²) in [5, 5.41) is 9.42. The summed E-state index contributed by atoms with van der Waals surface area (Å²) >= 11 is 3.35. The molecule has 2 atom stereocenters. The fourth-order valence-electron chi connectivity index (χ4n) is 3.09. The number of likely N-dealkylation sites (tertiary alicyclic amines) is 1. The van der Waals surface area contributed by atoms with E-state index in [0.717, 1.165) is 38.0 Å². The Kier molecular flexibility index (Phi) is 5.46. The largest absolute Gasteiger partial charge is 0.393 e. The molecule has 3 heterocycles. The zero-order valence-corrected chi connectivity index (χ0v) is 15.6. The molecule has 0 spiro atoms. The zero-order valence-electron chi connectivity index (χ0n) is 12.7. The number of hydrogen-bond acceptors (Lipinski definition) is 6. The first kappa shape index (κ1) is 17.4. The number of allylic oxidation sites excluding steroid dienone is 2. The van der Waals surface area contributed by atoms with Gasteiger partial charge in [-0.25, -0.2) is 0 Å². The average Bonchev–Trinajstić information content (AvgIpc) is 2.55. The van der Waals surface area contributed by atoms with Crippen molar-refractivity contribution in [3.05, 3.63) is 23.4 Å². The van der Waals surface area contributed by atoms with E-state index in [4.69, 9.17) is 5.73 Å². The van der Waals surface area contributed by atoms with Gasteiger partial charge >= 0.3 is 0 Å². The minimum Gasteiger partial charge on any atom is -0.393 e. The summed E-state index contributed by atoms with van der Waals surface area (Å²) in [5.74, 6) is 0.527. The molecule has 0 unspecified atom stereocenters. The molecule has 0 bridgehead atoms. The van der Waals surface area contributed by atoms with Crippen molar-refractivity contribution < 1.29 is 14.7 Å². The third kappa shape index (κ3) is 3.51. The number of fused-ring (bicyclic) bond motifs is 1. The molecule has 0 aromatic carbocycles. The van der Waals surface area contributed by atoms with E-state index in [-0.39, 0.29) is 21.2 Å². The van der Waals surface area contributed by atoms with Crippen LogP contribution in [0.5, 0.6) is 0 Å². The van der Waals surface area contributed by atoms with Gasteiger partial charge in [0, 0.05) is 48.0 Å². The number of nitrogens with zero attached hydrogens (tertiary/aromatic N) is 2. The van der Waals surface area contributed by atoms with E-state index in [9.17, 15) is 14.7 Å². The van der Waals surface area contributed by atoms with Crippen LogP contribution < -0.4 is 5.73 Å². The number of carbonyl (C=O) groups excluding carboxylic acids is 2. The molecule has 3 rings (SSSR count). The Balaban J connectivity index is 1.68. The van der Waals surface area contributed by atoms with Crippen LogP contribution in [-0.4, -0.2) is 67.5 Å². The van der Waals surface area contributed by atoms with Crippen LogP contribution in [0.15, 0.2) is 23.4 Å². The lowest BCUT2D eigenvalue weighted by Gasteiger charge is -2.48. The van der Waals surface area contributed by atoms with Gasteiger partial charge in [0.15, 0.2) is 0 Å². The van der Waals surface area contributed by atoms with Crippen molar-refractivity contribution in [3.63, 3.8) is 0 Å². The molecule has 3 aliphatic heterocycles. The summed E-state index contributed by atoms with van der Waals surface area (Å²) in [6.07, 6.45) is 5.45. The van der Waals surface area contributed by atoms with Crippen molar-refractivity contribution in [2.75, 3.05) is 25.4 Å². The number of hydrogen-bond donors (Lipinski definition) is 2. The van der Waals surface area contributed by atoms with Crippen molar-refractivity contribution >= 4 is 44.0 Å². The monoisotopic (exact) mass is 449 g/mol. The van der Waals surface area contributed by atoms with Crippen LogP contribution in [0.1, 0.15) is 12.8 Å². The van der Waals surface area contributed by atoms with E-state index in [2.05, 4.69) is 4.90 Å². The Morgan fingerprint density at radius 2 is 2.13 bits per heavy atom. The van der Waals surface area contributed by atoms with E-state index >= 15 is 0 Å². The van der Waals surface area contributed by atoms with Crippen LogP contribution in [0.2, 0.25) is 0 Å². The van der Waals surface area contributed by atoms with Crippen LogP contribution in [-0.2, 0) is 9.59 Å². The van der Waals surface area contributed by atoms with Gasteiger partial charge in [-0.15, -0.1) is 11.8 Å². The molecule has 3 N–H and O–H groups in total. The molecule has 0 saturated carbocycles. The highest BCUT2D eigenvalue weighted by Gasteiger charge is 2.50. The Labute approximate surface area is 153 Å². The van der Waals surface area contributed by atoms with E-state index in [1.807, 2.05) is 12.2 Å². The lowest BCUT2D eigenvalue weighted by molar-refractivity contribution is -0.142. The number of carbonyl (C=O) groups is 2. The van der Waals surface area contributed by atoms with Crippen LogP contribution in [0, 0.1) is 0 Å². The van der Waals surface area contributed by atoms with Gasteiger partial charge in [-0.05, 0) is 18.4 Å². The first-order chi connectivity index (χ1) is 11.0. The third-order valence-corrected chi connectivity index (χ3v) is 6.30. The molecule has 2 saturated heterocycles. The van der Waals surface area contributed by atoms with Crippen molar-refractivity contribution in [1.29, 1.82) is 0 Å². The number of β-lactam (4-membered cyclic amide) rings is 1. The lowest BCUT2D eigenvalue weighted by Crippen LogP contribution is -2.68. The molecule has 0 aromatic rings. The second kappa shape index (κ2) is 7.22. The standard InChI is InChI=1S/C15H20IN3O3S/c16-13(21)12-9(8-23-15-11(17)14(22)19(12)15)2-1-5-18-6-3-10(20)4-7-18/h1-2,10-11,15,20H,3-8,17H2/b2-1+/t11-,15-/m1/s1. The summed E-state index contributed by atoms with van der Waals surface area (Å²) in [6.45, 7) is 2.57. The summed E-state index contributed by atoms with van der Waals surface area (Å²) in [6, 6.07) is -0.490. The summed E-state index contributed by atoms with van der Waals surface area (Å²) < 4.78 is -0.117. The van der Waals surface area contributed by atoms with E-state index in [1.165, 1.54) is 0 Å². The van der Waals surface area contributed by atoms with Crippen LogP contribution >= 0.6 is 34.4 Å². The van der Waals surface area contributed by atoms with Crippen molar-refractivity contribution in [2.45, 2.75) is 30.4 Å². The molecule has 3 aliphatic rings. The van der Waals surface area contributed by atoms with Crippen LogP contribution in [0.25, 0.3) is 0 Å². The van der Waals surface area contributed by atoms with Gasteiger partial charge in [-0.3, -0.25) is 19.4 Å². The highest BCUT2D eigenvalue weighted by molar-refractivity contribution is 14.1. The van der Waals surface area contributed by atoms with Gasteiger partial charge in [-0.2, -0.15) is 0 Å². The molecule has 8 heteroatoms. The highest BCUT2D eigenvalue weighted by atomic mass is 127. The predicted molar refractivity (Wildman–Crippen MR) is 97.9 cm³/mol. The Morgan fingerprint density at radius 3 is 2.78 bits per heavy atom. The second-order valence-corrected chi connectivity index (χ2v) is 8.10. The van der Waals surface area contributed by atoms with Gasteiger partial charge in [0.25, 0.3) is 0 Å². The molecule has 126 valence electrons. The summed E-state index contributed by atoms with van der Waals surface area (Å²) in [5.41, 5.74) is 7.18. The lowest BCUT2D eigenvalue weighted by atomic mass is 10.0. The number of piperidine rings is 1. The van der Waals surface area contributed by atoms with Gasteiger partial charge in [0.05, 0.1) is 6.10 Å². The first-order valence-corrected chi connectivity index (χ1v) is 9.82. The number of halogens is 1. The maximum atomic E-state index is 12.0. The average molecular weight is 449 g/mol. The van der Waals surface area contributed by atoms with Crippen LogP contribution in [0.4, 0.5) is 0 Å². The molecular weight excluding hydrogens is 429 g/mol. The number of amides is 1. The van der Waals surface area contributed by atoms with E-state index < -0.39 is 6.04 Å². The number of rotatable bonds is 4. The van der Waals surface area contributed by atoms with E-state index in [0.29, 0.717) is 11.4 Å². The van der Waals surface area contributed by atoms with Gasteiger partial charge in [-0.1, -0.05) is 12.2 Å². The van der Waals surface area contributed by atoms with Crippen molar-refractivity contribution in [2.24, 2.45) is 5.73 Å². The molecule has 6 nitrogen and oxygen atoms in total. The van der Waals surface area contributed by atoms with Gasteiger partial charge in [0.2, 0.25) is 9.70 Å². The first-order valence-electron chi connectivity index (χ1n) is 7.69. The second-order valence-electron chi connectivity index (χ2n) is 6.02. The van der Waals surface area contributed by atoms with Gasteiger partial charge < -0.3 is 10.8 Å². The van der Waals surface area contributed by atoms with Crippen molar-refractivity contribution in [3.8, 4) is 0 Å². The quantitative estimate of drug-likeness (QED) is 0.369. The Hall–Kier alpha value is -0.420. The SMILES string of the molecule is N[C@@H]1C(=O)N2C(C(=O)I)=C(/C=C/CN3CCC(O)CC3)CS[C@H]12. The molecule has 0 aromatic heterocycles. The number of thioether (sulfide) groups is 1. The van der Waals surface area contributed by atoms with E-state index in [1.54, 1.807) is 39.3 Å². The number of nitrogens with two attached hydrogens (primary N) is 1. The molecule has 1 amide bonds. The third-order valence-electron chi connectivity index (χ3n) is 4.46. The minimum atomic E-state index is -0.490. The maximum absolute atomic E-state index is 12.0. The Morgan fingerprint density at radius 1 is 1.43 bits per heavy atom. The maximum Gasteiger partial charge on any atom is 0.248 e. The topological polar surface area (TPSA) is 86.9 Å². The molecule has 0 radical (unpaired) electrons. The minimum absolute atomic E-state index is 0.100. The smallest absolute Gasteiger partial charge is 0.248 e. The Bertz CT molecular complexity index is 572. The molecule has 23 heavy (non-hydrogen) atoms. The predicted octanol–water partition coefficient (Wildman–Crippen LogP) is 0.457.